The van der Waals surface area contributed by atoms with Crippen LogP contribution in [0.4, 0.5) is 0 Å². The maximum atomic E-state index is 4.09. The van der Waals surface area contributed by atoms with Crippen molar-refractivity contribution >= 4 is 6.21 Å². The lowest BCUT2D eigenvalue weighted by molar-refractivity contribution is 0.450. The Labute approximate surface area is 49.0 Å². The molecule has 0 aromatic heterocycles. The van der Waals surface area contributed by atoms with Gasteiger partial charge >= 0.3 is 0 Å². The summed E-state index contributed by atoms with van der Waals surface area (Å²) in [5, 5.41) is 3.32. The van der Waals surface area contributed by atoms with Crippen molar-refractivity contribution in [2.24, 2.45) is 10.4 Å². The molecule has 1 spiro atoms. The van der Waals surface area contributed by atoms with Gasteiger partial charge in [0.15, 0.2) is 0 Å². The Morgan fingerprint density at radius 2 is 2.50 bits per heavy atom. The predicted octanol–water partition coefficient (Wildman–Crippen LogP) is 0.0505. The van der Waals surface area contributed by atoms with Gasteiger partial charge in [-0.15, -0.1) is 0 Å². The molecule has 2 aliphatic heterocycles. The third-order valence-electron chi connectivity index (χ3n) is 2.05. The average molecular weight is 110 g/mol. The fraction of sp³-hybridized carbons (Fsp3) is 0.833. The number of nitrogens with zero attached hydrogens (tertiary/aromatic N) is 1. The van der Waals surface area contributed by atoms with Gasteiger partial charge in [-0.05, 0) is 13.0 Å². The molecule has 1 saturated heterocycles. The Balaban J connectivity index is 2.14. The molecule has 0 aromatic carbocycles. The van der Waals surface area contributed by atoms with Crippen LogP contribution in [0.2, 0.25) is 0 Å². The Bertz CT molecular complexity index is 122. The van der Waals surface area contributed by atoms with Crippen molar-refractivity contribution in [1.82, 2.24) is 5.32 Å². The van der Waals surface area contributed by atoms with Gasteiger partial charge in [0.05, 0.1) is 6.54 Å². The highest BCUT2D eigenvalue weighted by Gasteiger charge is 2.35. The van der Waals surface area contributed by atoms with Gasteiger partial charge in [-0.3, -0.25) is 4.99 Å². The monoisotopic (exact) mass is 110 g/mol. The van der Waals surface area contributed by atoms with Crippen LogP contribution in [0.15, 0.2) is 4.99 Å². The minimum absolute atomic E-state index is 0.514. The third kappa shape index (κ3) is 0.436. The Hall–Kier alpha value is -0.370. The first-order valence-electron chi connectivity index (χ1n) is 3.13. The van der Waals surface area contributed by atoms with Crippen molar-refractivity contribution < 1.29 is 0 Å². The van der Waals surface area contributed by atoms with E-state index < -0.39 is 0 Å². The third-order valence-corrected chi connectivity index (χ3v) is 2.05. The van der Waals surface area contributed by atoms with Crippen molar-refractivity contribution in [2.75, 3.05) is 19.6 Å². The molecule has 1 fully saturated rings. The second-order valence-corrected chi connectivity index (χ2v) is 2.76. The van der Waals surface area contributed by atoms with Crippen molar-refractivity contribution in [3.05, 3.63) is 0 Å². The van der Waals surface area contributed by atoms with Crippen LogP contribution in [0.1, 0.15) is 6.42 Å². The van der Waals surface area contributed by atoms with Gasteiger partial charge in [0, 0.05) is 18.2 Å². The second-order valence-electron chi connectivity index (χ2n) is 2.76. The summed E-state index contributed by atoms with van der Waals surface area (Å²) in [6.07, 6.45) is 3.41. The summed E-state index contributed by atoms with van der Waals surface area (Å²) >= 11 is 0. The Morgan fingerprint density at radius 1 is 1.62 bits per heavy atom. The summed E-state index contributed by atoms with van der Waals surface area (Å²) in [5.41, 5.74) is 0.514. The highest BCUT2D eigenvalue weighted by molar-refractivity contribution is 5.72. The van der Waals surface area contributed by atoms with Gasteiger partial charge in [-0.2, -0.15) is 0 Å². The molecule has 2 heteroatoms. The summed E-state index contributed by atoms with van der Waals surface area (Å²) < 4.78 is 0. The van der Waals surface area contributed by atoms with Crippen LogP contribution in [0.5, 0.6) is 0 Å². The number of hydrogen-bond donors (Lipinski definition) is 1. The normalized spacial score (nSPS) is 43.0. The van der Waals surface area contributed by atoms with E-state index in [1.54, 1.807) is 0 Å². The van der Waals surface area contributed by atoms with E-state index >= 15 is 0 Å². The molecule has 1 unspecified atom stereocenters. The first kappa shape index (κ1) is 4.50. The molecule has 0 amide bonds. The summed E-state index contributed by atoms with van der Waals surface area (Å²) in [7, 11) is 0. The average Bonchev–Trinajstić information content (AvgIpc) is 2.07. The number of hydrogen-bond acceptors (Lipinski definition) is 2. The molecule has 2 aliphatic rings. The molecule has 0 bridgehead atoms. The number of rotatable bonds is 0. The number of nitrogens with one attached hydrogen (secondary N) is 1. The van der Waals surface area contributed by atoms with E-state index in [0.29, 0.717) is 5.41 Å². The first-order valence-corrected chi connectivity index (χ1v) is 3.13. The van der Waals surface area contributed by atoms with E-state index in [0.717, 1.165) is 13.1 Å². The highest BCUT2D eigenvalue weighted by Crippen LogP contribution is 2.28. The van der Waals surface area contributed by atoms with Crippen LogP contribution in [0.3, 0.4) is 0 Å². The van der Waals surface area contributed by atoms with Crippen LogP contribution < -0.4 is 5.32 Å². The molecule has 1 atom stereocenters. The highest BCUT2D eigenvalue weighted by atomic mass is 15.0. The van der Waals surface area contributed by atoms with Crippen LogP contribution >= 0.6 is 0 Å². The molecule has 0 aromatic rings. The van der Waals surface area contributed by atoms with Crippen LogP contribution in [-0.2, 0) is 0 Å². The van der Waals surface area contributed by atoms with Crippen molar-refractivity contribution in [3.63, 3.8) is 0 Å². The summed E-state index contributed by atoms with van der Waals surface area (Å²) in [6, 6.07) is 0. The molecule has 0 aliphatic carbocycles. The fourth-order valence-electron chi connectivity index (χ4n) is 1.36. The van der Waals surface area contributed by atoms with Gasteiger partial charge in [-0.1, -0.05) is 0 Å². The summed E-state index contributed by atoms with van der Waals surface area (Å²) in [5.74, 6) is 0. The second kappa shape index (κ2) is 1.32. The van der Waals surface area contributed by atoms with E-state index in [1.807, 2.05) is 0 Å². The molecular formula is C6H10N2. The maximum absolute atomic E-state index is 4.09. The zero-order valence-electron chi connectivity index (χ0n) is 4.85. The standard InChI is InChI=1S/C6H10N2/c1-2-7-3-6(1)4-8-5-6/h4,7H,1-3,5H2. The van der Waals surface area contributed by atoms with E-state index in [2.05, 4.69) is 16.5 Å². The van der Waals surface area contributed by atoms with E-state index in [1.165, 1.54) is 13.0 Å². The van der Waals surface area contributed by atoms with Gasteiger partial charge < -0.3 is 5.32 Å². The molecule has 44 valence electrons. The smallest absolute Gasteiger partial charge is 0.0504 e. The molecule has 2 heterocycles. The zero-order chi connectivity index (χ0) is 5.45. The molecular weight excluding hydrogens is 100 g/mol. The van der Waals surface area contributed by atoms with E-state index in [9.17, 15) is 0 Å². The molecule has 0 radical (unpaired) electrons. The fourth-order valence-corrected chi connectivity index (χ4v) is 1.36. The Kier molecular flexibility index (Phi) is 0.742. The van der Waals surface area contributed by atoms with Crippen molar-refractivity contribution in [2.45, 2.75) is 6.42 Å². The minimum atomic E-state index is 0.514. The lowest BCUT2D eigenvalue weighted by atomic mass is 9.85. The SMILES string of the molecule is C1=NCC12CCNC2. The largest absolute Gasteiger partial charge is 0.316 e. The zero-order valence-corrected chi connectivity index (χ0v) is 4.85. The molecule has 1 N–H and O–H groups in total. The molecule has 2 rings (SSSR count). The Morgan fingerprint density at radius 3 is 2.75 bits per heavy atom. The first-order chi connectivity index (χ1) is 3.91. The summed E-state index contributed by atoms with van der Waals surface area (Å²) in [4.78, 5) is 4.09. The lowest BCUT2D eigenvalue weighted by Gasteiger charge is -2.27. The van der Waals surface area contributed by atoms with Crippen molar-refractivity contribution in [1.29, 1.82) is 0 Å². The molecule has 8 heavy (non-hydrogen) atoms. The van der Waals surface area contributed by atoms with E-state index in [-0.39, 0.29) is 0 Å². The number of aliphatic imine (C=N–C) groups is 1. The van der Waals surface area contributed by atoms with Gasteiger partial charge in [0.25, 0.3) is 0 Å². The maximum Gasteiger partial charge on any atom is 0.0504 e. The van der Waals surface area contributed by atoms with Crippen LogP contribution in [0, 0.1) is 5.41 Å². The quantitative estimate of drug-likeness (QED) is 0.468. The van der Waals surface area contributed by atoms with Crippen LogP contribution in [-0.4, -0.2) is 25.8 Å². The van der Waals surface area contributed by atoms with Crippen LogP contribution in [0.25, 0.3) is 0 Å². The van der Waals surface area contributed by atoms with Gasteiger partial charge in [0.2, 0.25) is 0 Å². The van der Waals surface area contributed by atoms with Crippen molar-refractivity contribution in [3.8, 4) is 0 Å². The minimum Gasteiger partial charge on any atom is -0.316 e. The predicted molar refractivity (Wildman–Crippen MR) is 33.3 cm³/mol. The molecule has 0 saturated carbocycles. The van der Waals surface area contributed by atoms with E-state index in [4.69, 9.17) is 0 Å². The topological polar surface area (TPSA) is 24.4 Å². The molecule has 2 nitrogen and oxygen atoms in total. The summed E-state index contributed by atoms with van der Waals surface area (Å²) in [6.45, 7) is 3.42. The van der Waals surface area contributed by atoms with Gasteiger partial charge in [-0.25, -0.2) is 0 Å². The van der Waals surface area contributed by atoms with Gasteiger partial charge in [0.1, 0.15) is 0 Å². The lowest BCUT2D eigenvalue weighted by Crippen LogP contribution is -2.35.